The van der Waals surface area contributed by atoms with Crippen LogP contribution in [0.3, 0.4) is 0 Å². The molecule has 0 aliphatic rings. The number of carbonyl (C=O) groups is 2. The van der Waals surface area contributed by atoms with Gasteiger partial charge in [-0.1, -0.05) is 12.1 Å². The first-order valence-electron chi connectivity index (χ1n) is 12.6. The quantitative estimate of drug-likeness (QED) is 0.216. The summed E-state index contributed by atoms with van der Waals surface area (Å²) in [6.45, 7) is 4.09. The number of aromatic nitrogens is 3. The Hall–Kier alpha value is -5.25. The van der Waals surface area contributed by atoms with Gasteiger partial charge in [0.15, 0.2) is 0 Å². The third-order valence-corrected chi connectivity index (χ3v) is 6.22. The fourth-order valence-corrected chi connectivity index (χ4v) is 4.14. The van der Waals surface area contributed by atoms with E-state index in [9.17, 15) is 14.0 Å². The van der Waals surface area contributed by atoms with Gasteiger partial charge in [-0.25, -0.2) is 9.18 Å². The van der Waals surface area contributed by atoms with Gasteiger partial charge in [0.05, 0.1) is 16.9 Å². The van der Waals surface area contributed by atoms with E-state index >= 15 is 0 Å². The minimum Gasteiger partial charge on any atom is -0.457 e. The smallest absolute Gasteiger partial charge is 0.323 e. The molecule has 0 fully saturated rings. The lowest BCUT2D eigenvalue weighted by molar-refractivity contribution is 0.0957. The SMILES string of the molecule is CNC(=O)c1cc(Oc2ccc(NC(=O)Nc3cn(C(C)C)cc3-c3ccc4ncccc4c3)c(F)c2)ccn1. The summed E-state index contributed by atoms with van der Waals surface area (Å²) >= 11 is 0. The largest absolute Gasteiger partial charge is 0.457 e. The van der Waals surface area contributed by atoms with Crippen LogP contribution >= 0.6 is 0 Å². The maximum Gasteiger partial charge on any atom is 0.323 e. The summed E-state index contributed by atoms with van der Waals surface area (Å²) in [5.74, 6) is -0.542. The van der Waals surface area contributed by atoms with Crippen LogP contribution in [0.4, 0.5) is 20.6 Å². The van der Waals surface area contributed by atoms with Crippen molar-refractivity contribution < 1.29 is 18.7 Å². The van der Waals surface area contributed by atoms with Crippen molar-refractivity contribution in [1.29, 1.82) is 0 Å². The molecule has 9 nitrogen and oxygen atoms in total. The summed E-state index contributed by atoms with van der Waals surface area (Å²) in [6.07, 6.45) is 6.99. The highest BCUT2D eigenvalue weighted by atomic mass is 19.1. The van der Waals surface area contributed by atoms with Crippen LogP contribution in [0.1, 0.15) is 30.4 Å². The van der Waals surface area contributed by atoms with Crippen LogP contribution in [0.15, 0.2) is 85.5 Å². The number of fused-ring (bicyclic) bond motifs is 1. The van der Waals surface area contributed by atoms with E-state index in [1.54, 1.807) is 12.3 Å². The van der Waals surface area contributed by atoms with Gasteiger partial charge in [-0.05, 0) is 55.8 Å². The van der Waals surface area contributed by atoms with Crippen LogP contribution in [0.5, 0.6) is 11.5 Å². The van der Waals surface area contributed by atoms with Gasteiger partial charge in [0, 0.05) is 61.0 Å². The van der Waals surface area contributed by atoms with Crippen LogP contribution in [-0.2, 0) is 0 Å². The van der Waals surface area contributed by atoms with Gasteiger partial charge < -0.3 is 25.3 Å². The van der Waals surface area contributed by atoms with Crippen molar-refractivity contribution in [2.45, 2.75) is 19.9 Å². The van der Waals surface area contributed by atoms with E-state index in [2.05, 4.69) is 25.9 Å². The van der Waals surface area contributed by atoms with Crippen molar-refractivity contribution in [2.24, 2.45) is 0 Å². The number of anilines is 2. The van der Waals surface area contributed by atoms with Crippen LogP contribution < -0.4 is 20.7 Å². The van der Waals surface area contributed by atoms with Gasteiger partial charge in [0.2, 0.25) is 0 Å². The number of hydrogen-bond donors (Lipinski definition) is 3. The maximum atomic E-state index is 14.9. The predicted octanol–water partition coefficient (Wildman–Crippen LogP) is 6.61. The number of rotatable bonds is 7. The number of urea groups is 1. The minimum atomic E-state index is -0.685. The van der Waals surface area contributed by atoms with Crippen molar-refractivity contribution in [3.05, 3.63) is 97.0 Å². The first kappa shape index (κ1) is 26.4. The number of hydrogen-bond acceptors (Lipinski definition) is 5. The molecule has 3 aromatic heterocycles. The van der Waals surface area contributed by atoms with Crippen molar-refractivity contribution in [2.75, 3.05) is 17.7 Å². The van der Waals surface area contributed by atoms with Gasteiger partial charge >= 0.3 is 6.03 Å². The molecule has 0 saturated heterocycles. The fourth-order valence-electron chi connectivity index (χ4n) is 4.14. The van der Waals surface area contributed by atoms with E-state index in [-0.39, 0.29) is 29.1 Å². The summed E-state index contributed by atoms with van der Waals surface area (Å²) in [6, 6.07) is 16.4. The molecule has 5 aromatic rings. The number of carbonyl (C=O) groups excluding carboxylic acids is 2. The zero-order valence-electron chi connectivity index (χ0n) is 22.1. The molecule has 0 bridgehead atoms. The average molecular weight is 539 g/mol. The third kappa shape index (κ3) is 5.75. The van der Waals surface area contributed by atoms with Gasteiger partial charge in [-0.3, -0.25) is 14.8 Å². The summed E-state index contributed by atoms with van der Waals surface area (Å²) in [5, 5.41) is 8.89. The highest BCUT2D eigenvalue weighted by Crippen LogP contribution is 2.33. The fraction of sp³-hybridized carbons (Fsp3) is 0.133. The van der Waals surface area contributed by atoms with E-state index in [1.165, 1.54) is 31.4 Å². The van der Waals surface area contributed by atoms with Gasteiger partial charge in [0.25, 0.3) is 5.91 Å². The van der Waals surface area contributed by atoms with Crippen LogP contribution in [-0.4, -0.2) is 33.5 Å². The number of benzene rings is 2. The number of nitrogens with one attached hydrogen (secondary N) is 3. The lowest BCUT2D eigenvalue weighted by Crippen LogP contribution is -2.20. The molecule has 0 aliphatic heterocycles. The molecule has 3 heterocycles. The number of ether oxygens (including phenoxy) is 1. The predicted molar refractivity (Wildman–Crippen MR) is 152 cm³/mol. The Balaban J connectivity index is 1.33. The maximum absolute atomic E-state index is 14.9. The molecular weight excluding hydrogens is 511 g/mol. The Morgan fingerprint density at radius 1 is 0.900 bits per heavy atom. The van der Waals surface area contributed by atoms with Crippen molar-refractivity contribution in [1.82, 2.24) is 19.9 Å². The van der Waals surface area contributed by atoms with Crippen molar-refractivity contribution >= 4 is 34.2 Å². The highest BCUT2D eigenvalue weighted by Gasteiger charge is 2.16. The monoisotopic (exact) mass is 538 g/mol. The molecule has 0 radical (unpaired) electrons. The molecule has 0 saturated carbocycles. The lowest BCUT2D eigenvalue weighted by atomic mass is 10.0. The summed E-state index contributed by atoms with van der Waals surface area (Å²) in [4.78, 5) is 33.1. The van der Waals surface area contributed by atoms with Crippen LogP contribution in [0, 0.1) is 5.82 Å². The summed E-state index contributed by atoms with van der Waals surface area (Å²) < 4.78 is 22.6. The summed E-state index contributed by atoms with van der Waals surface area (Å²) in [7, 11) is 1.50. The Kier molecular flexibility index (Phi) is 7.41. The first-order chi connectivity index (χ1) is 19.3. The van der Waals surface area contributed by atoms with E-state index in [1.807, 2.05) is 61.1 Å². The van der Waals surface area contributed by atoms with E-state index in [0.717, 1.165) is 28.1 Å². The Morgan fingerprint density at radius 2 is 1.70 bits per heavy atom. The molecule has 0 aliphatic carbocycles. The molecule has 5 rings (SSSR count). The standard InChI is InChI=1S/C30H27FN6O3/c1-18(2)37-16-23(19-6-8-25-20(13-19)5-4-11-33-25)28(17-37)36-30(39)35-26-9-7-21(14-24(26)31)40-22-10-12-34-27(15-22)29(38)32-3/h4-18H,1-3H3,(H,32,38)(H2,35,36,39). The average Bonchev–Trinajstić information content (AvgIpc) is 3.38. The second-order valence-corrected chi connectivity index (χ2v) is 9.32. The Morgan fingerprint density at radius 3 is 2.48 bits per heavy atom. The third-order valence-electron chi connectivity index (χ3n) is 6.22. The number of amides is 3. The van der Waals surface area contributed by atoms with Gasteiger partial charge in [0.1, 0.15) is 23.0 Å². The number of halogens is 1. The molecule has 202 valence electrons. The van der Waals surface area contributed by atoms with E-state index in [0.29, 0.717) is 11.4 Å². The lowest BCUT2D eigenvalue weighted by Gasteiger charge is -2.11. The zero-order valence-corrected chi connectivity index (χ0v) is 22.1. The second kappa shape index (κ2) is 11.2. The molecule has 10 heteroatoms. The van der Waals surface area contributed by atoms with Gasteiger partial charge in [-0.15, -0.1) is 0 Å². The zero-order chi connectivity index (χ0) is 28.2. The molecule has 0 spiro atoms. The molecule has 0 atom stereocenters. The number of pyridine rings is 2. The van der Waals surface area contributed by atoms with Crippen molar-refractivity contribution in [3.8, 4) is 22.6 Å². The number of nitrogens with zero attached hydrogens (tertiary/aromatic N) is 3. The topological polar surface area (TPSA) is 110 Å². The highest BCUT2D eigenvalue weighted by molar-refractivity contribution is 6.03. The molecule has 2 aromatic carbocycles. The Bertz CT molecular complexity index is 1720. The van der Waals surface area contributed by atoms with E-state index < -0.39 is 11.8 Å². The van der Waals surface area contributed by atoms with Gasteiger partial charge in [-0.2, -0.15) is 0 Å². The molecule has 40 heavy (non-hydrogen) atoms. The molecule has 3 N–H and O–H groups in total. The van der Waals surface area contributed by atoms with Crippen molar-refractivity contribution in [3.63, 3.8) is 0 Å². The van der Waals surface area contributed by atoms with E-state index in [4.69, 9.17) is 4.74 Å². The first-order valence-corrected chi connectivity index (χ1v) is 12.6. The second-order valence-electron chi connectivity index (χ2n) is 9.32. The van der Waals surface area contributed by atoms with Crippen LogP contribution in [0.25, 0.3) is 22.0 Å². The summed E-state index contributed by atoms with van der Waals surface area (Å²) in [5.41, 5.74) is 3.35. The minimum absolute atomic E-state index is 0.0211. The molecule has 3 amide bonds. The van der Waals surface area contributed by atoms with Crippen LogP contribution in [0.2, 0.25) is 0 Å². The Labute approximate surface area is 230 Å². The molecule has 0 unspecified atom stereocenters. The normalized spacial score (nSPS) is 10.9. The molecular formula is C30H27FN6O3.